The Morgan fingerprint density at radius 1 is 1.45 bits per heavy atom. The second-order valence-electron chi connectivity index (χ2n) is 4.43. The van der Waals surface area contributed by atoms with E-state index in [1.54, 1.807) is 0 Å². The van der Waals surface area contributed by atoms with Gasteiger partial charge in [-0.1, -0.05) is 18.2 Å². The summed E-state index contributed by atoms with van der Waals surface area (Å²) in [5.41, 5.74) is 8.02. The highest BCUT2D eigenvalue weighted by Gasteiger charge is 2.19. The number of nitrogens with one attached hydrogen (secondary N) is 1. The Morgan fingerprint density at radius 3 is 3.00 bits per heavy atom. The van der Waals surface area contributed by atoms with E-state index in [0.29, 0.717) is 6.42 Å². The number of carboxylic acids is 1. The van der Waals surface area contributed by atoms with Gasteiger partial charge in [-0.2, -0.15) is 4.98 Å². The highest BCUT2D eigenvalue weighted by molar-refractivity contribution is 5.83. The molecule has 0 radical (unpaired) electrons. The third kappa shape index (κ3) is 2.14. The number of benzene rings is 1. The van der Waals surface area contributed by atoms with Gasteiger partial charge in [0.25, 0.3) is 5.82 Å². The number of carboxylic acid groups (broad SMARTS) is 1. The van der Waals surface area contributed by atoms with Crippen molar-refractivity contribution in [2.75, 3.05) is 0 Å². The van der Waals surface area contributed by atoms with Gasteiger partial charge in [0.1, 0.15) is 0 Å². The summed E-state index contributed by atoms with van der Waals surface area (Å²) in [5.74, 6) is -1.50. The van der Waals surface area contributed by atoms with Gasteiger partial charge in [-0.25, -0.2) is 4.79 Å². The van der Waals surface area contributed by atoms with Gasteiger partial charge in [0.05, 0.1) is 6.04 Å². The van der Waals surface area contributed by atoms with Crippen LogP contribution in [0.25, 0.3) is 10.9 Å². The molecule has 3 rings (SSSR count). The Morgan fingerprint density at radius 2 is 2.25 bits per heavy atom. The first-order valence-corrected chi connectivity index (χ1v) is 6.02. The number of carbonyl (C=O) groups is 1. The van der Waals surface area contributed by atoms with Crippen molar-refractivity contribution in [3.05, 3.63) is 47.7 Å². The van der Waals surface area contributed by atoms with Gasteiger partial charge in [-0.15, -0.1) is 0 Å². The molecule has 1 aromatic carbocycles. The van der Waals surface area contributed by atoms with Crippen molar-refractivity contribution in [1.29, 1.82) is 0 Å². The lowest BCUT2D eigenvalue weighted by Crippen LogP contribution is -2.14. The fourth-order valence-corrected chi connectivity index (χ4v) is 2.10. The Labute approximate surface area is 113 Å². The van der Waals surface area contributed by atoms with E-state index in [1.807, 2.05) is 30.5 Å². The first kappa shape index (κ1) is 12.4. The molecule has 0 amide bonds. The lowest BCUT2D eigenvalue weighted by Gasteiger charge is -2.05. The highest BCUT2D eigenvalue weighted by atomic mass is 16.5. The maximum atomic E-state index is 10.7. The third-order valence-electron chi connectivity index (χ3n) is 3.06. The summed E-state index contributed by atoms with van der Waals surface area (Å²) in [4.78, 5) is 17.6. The molecule has 7 heteroatoms. The molecule has 0 aliphatic rings. The van der Waals surface area contributed by atoms with Crippen LogP contribution in [0.15, 0.2) is 35.0 Å². The lowest BCUT2D eigenvalue weighted by molar-refractivity contribution is 0.0680. The van der Waals surface area contributed by atoms with E-state index in [-0.39, 0.29) is 11.7 Å². The SMILES string of the molecule is N[C@H](Cc1c[nH]c2ccccc12)c1nc(C(=O)O)no1. The molecule has 0 fully saturated rings. The third-order valence-corrected chi connectivity index (χ3v) is 3.06. The quantitative estimate of drug-likeness (QED) is 0.662. The van der Waals surface area contributed by atoms with Crippen LogP contribution in [0.1, 0.15) is 28.1 Å². The molecule has 102 valence electrons. The molecule has 0 spiro atoms. The monoisotopic (exact) mass is 272 g/mol. The minimum absolute atomic E-state index is 0.118. The number of H-pyrrole nitrogens is 1. The van der Waals surface area contributed by atoms with Crippen molar-refractivity contribution in [1.82, 2.24) is 15.1 Å². The zero-order valence-corrected chi connectivity index (χ0v) is 10.4. The summed E-state index contributed by atoms with van der Waals surface area (Å²) in [5, 5.41) is 13.2. The normalized spacial score (nSPS) is 12.7. The van der Waals surface area contributed by atoms with Crippen molar-refractivity contribution in [2.24, 2.45) is 5.73 Å². The van der Waals surface area contributed by atoms with E-state index < -0.39 is 12.0 Å². The first-order valence-electron chi connectivity index (χ1n) is 6.02. The summed E-state index contributed by atoms with van der Waals surface area (Å²) in [6.07, 6.45) is 2.35. The number of hydrogen-bond donors (Lipinski definition) is 3. The number of rotatable bonds is 4. The molecule has 3 aromatic rings. The fourth-order valence-electron chi connectivity index (χ4n) is 2.10. The standard InChI is InChI=1S/C13H12N4O3/c14-9(12-16-11(13(18)19)17-20-12)5-7-6-15-10-4-2-1-3-8(7)10/h1-4,6,9,15H,5,14H2,(H,18,19)/t9-/m1/s1. The van der Waals surface area contributed by atoms with Crippen molar-refractivity contribution < 1.29 is 14.4 Å². The number of para-hydroxylation sites is 1. The summed E-state index contributed by atoms with van der Waals surface area (Å²) in [7, 11) is 0. The van der Waals surface area contributed by atoms with Gasteiger partial charge in [0.2, 0.25) is 5.89 Å². The molecule has 1 atom stereocenters. The van der Waals surface area contributed by atoms with E-state index in [4.69, 9.17) is 15.4 Å². The molecule has 0 saturated carbocycles. The van der Waals surface area contributed by atoms with E-state index >= 15 is 0 Å². The summed E-state index contributed by atoms with van der Waals surface area (Å²) >= 11 is 0. The smallest absolute Gasteiger partial charge is 0.377 e. The largest absolute Gasteiger partial charge is 0.475 e. The summed E-state index contributed by atoms with van der Waals surface area (Å²) in [6, 6.07) is 7.30. The van der Waals surface area contributed by atoms with Crippen LogP contribution in [0.3, 0.4) is 0 Å². The number of nitrogens with zero attached hydrogens (tertiary/aromatic N) is 2. The molecule has 4 N–H and O–H groups in total. The molecule has 2 heterocycles. The Balaban J connectivity index is 1.84. The van der Waals surface area contributed by atoms with Crippen molar-refractivity contribution in [3.63, 3.8) is 0 Å². The lowest BCUT2D eigenvalue weighted by atomic mass is 10.1. The average molecular weight is 272 g/mol. The highest BCUT2D eigenvalue weighted by Crippen LogP contribution is 2.22. The molecule has 20 heavy (non-hydrogen) atoms. The van der Waals surface area contributed by atoms with Crippen LogP contribution in [0.5, 0.6) is 0 Å². The Hall–Kier alpha value is -2.67. The number of fused-ring (bicyclic) bond motifs is 1. The first-order chi connectivity index (χ1) is 9.65. The second kappa shape index (κ2) is 4.78. The molecule has 0 unspecified atom stereocenters. The maximum absolute atomic E-state index is 10.7. The zero-order chi connectivity index (χ0) is 14.1. The molecule has 0 saturated heterocycles. The maximum Gasteiger partial charge on any atom is 0.377 e. The number of hydrogen-bond acceptors (Lipinski definition) is 5. The van der Waals surface area contributed by atoms with Gasteiger partial charge >= 0.3 is 5.97 Å². The van der Waals surface area contributed by atoms with Gasteiger partial charge in [-0.3, -0.25) is 0 Å². The van der Waals surface area contributed by atoms with Crippen LogP contribution >= 0.6 is 0 Å². The molecular weight excluding hydrogens is 260 g/mol. The molecular formula is C13H12N4O3. The minimum atomic E-state index is -1.24. The number of aromatic nitrogens is 3. The van der Waals surface area contributed by atoms with E-state index in [1.165, 1.54) is 0 Å². The zero-order valence-electron chi connectivity index (χ0n) is 10.4. The van der Waals surface area contributed by atoms with E-state index in [0.717, 1.165) is 16.5 Å². The molecule has 0 aliphatic heterocycles. The van der Waals surface area contributed by atoms with Crippen molar-refractivity contribution in [3.8, 4) is 0 Å². The van der Waals surface area contributed by atoms with Crippen LogP contribution in [-0.2, 0) is 6.42 Å². The van der Waals surface area contributed by atoms with Gasteiger partial charge < -0.3 is 20.3 Å². The van der Waals surface area contributed by atoms with Crippen LogP contribution in [-0.4, -0.2) is 26.2 Å². The van der Waals surface area contributed by atoms with Crippen LogP contribution in [0.2, 0.25) is 0 Å². The number of aromatic carboxylic acids is 1. The summed E-state index contributed by atoms with van der Waals surface area (Å²) in [6.45, 7) is 0. The van der Waals surface area contributed by atoms with Crippen molar-refractivity contribution >= 4 is 16.9 Å². The Kier molecular flexibility index (Phi) is 2.96. The number of aromatic amines is 1. The minimum Gasteiger partial charge on any atom is -0.475 e. The summed E-state index contributed by atoms with van der Waals surface area (Å²) < 4.78 is 4.87. The van der Waals surface area contributed by atoms with Gasteiger partial charge in [0.15, 0.2) is 0 Å². The van der Waals surface area contributed by atoms with E-state index in [2.05, 4.69) is 15.1 Å². The van der Waals surface area contributed by atoms with E-state index in [9.17, 15) is 4.79 Å². The topological polar surface area (TPSA) is 118 Å². The van der Waals surface area contributed by atoms with Gasteiger partial charge in [-0.05, 0) is 23.2 Å². The Bertz CT molecular complexity index is 762. The van der Waals surface area contributed by atoms with Crippen molar-refractivity contribution in [2.45, 2.75) is 12.5 Å². The molecule has 2 aromatic heterocycles. The number of nitrogens with two attached hydrogens (primary N) is 1. The van der Waals surface area contributed by atoms with Crippen LogP contribution in [0.4, 0.5) is 0 Å². The predicted molar refractivity (Wildman–Crippen MR) is 70.2 cm³/mol. The second-order valence-corrected chi connectivity index (χ2v) is 4.43. The average Bonchev–Trinajstić information content (AvgIpc) is 3.06. The molecule has 0 aliphatic carbocycles. The van der Waals surface area contributed by atoms with Gasteiger partial charge in [0, 0.05) is 17.1 Å². The molecule has 7 nitrogen and oxygen atoms in total. The predicted octanol–water partition coefficient (Wildman–Crippen LogP) is 1.49. The van der Waals surface area contributed by atoms with Crippen LogP contribution < -0.4 is 5.73 Å². The molecule has 0 bridgehead atoms. The fraction of sp³-hybridized carbons (Fsp3) is 0.154. The van der Waals surface area contributed by atoms with Crippen LogP contribution in [0, 0.1) is 0 Å².